The highest BCUT2D eigenvalue weighted by atomic mass is 32.1. The Bertz CT molecular complexity index is 1320. The van der Waals surface area contributed by atoms with Crippen molar-refractivity contribution in [2.45, 2.75) is 6.54 Å². The maximum atomic E-state index is 12.4. The van der Waals surface area contributed by atoms with Crippen LogP contribution in [-0.4, -0.2) is 28.6 Å². The molecule has 2 aromatic carbocycles. The maximum Gasteiger partial charge on any atom is 0.311 e. The maximum absolute atomic E-state index is 12.4. The van der Waals surface area contributed by atoms with Gasteiger partial charge < -0.3 is 15.2 Å². The molecule has 0 saturated heterocycles. The number of aromatic nitrogens is 1. The van der Waals surface area contributed by atoms with Crippen molar-refractivity contribution in [3.8, 4) is 11.6 Å². The molecule has 2 N–H and O–H groups in total. The third kappa shape index (κ3) is 3.32. The quantitative estimate of drug-likeness (QED) is 0.642. The van der Waals surface area contributed by atoms with Crippen LogP contribution in [0.5, 0.6) is 11.6 Å². The molecule has 9 heteroatoms. The van der Waals surface area contributed by atoms with E-state index in [2.05, 4.69) is 10.3 Å². The number of aromatic hydroxyl groups is 1. The summed E-state index contributed by atoms with van der Waals surface area (Å²) >= 11 is 0.696. The molecule has 0 fully saturated rings. The highest BCUT2D eigenvalue weighted by Gasteiger charge is 2.26. The normalized spacial score (nSPS) is 12.4. The number of ether oxygens (including phenoxy) is 1. The lowest BCUT2D eigenvalue weighted by Gasteiger charge is -2.10. The average molecular weight is 409 g/mol. The van der Waals surface area contributed by atoms with Crippen LogP contribution in [0.3, 0.4) is 0 Å². The van der Waals surface area contributed by atoms with Gasteiger partial charge in [-0.15, -0.1) is 0 Å². The second-order valence-electron chi connectivity index (χ2n) is 6.16. The number of fused-ring (bicyclic) bond motifs is 1. The Morgan fingerprint density at radius 3 is 2.69 bits per heavy atom. The van der Waals surface area contributed by atoms with Gasteiger partial charge in [0.25, 0.3) is 5.91 Å². The predicted molar refractivity (Wildman–Crippen MR) is 107 cm³/mol. The standard InChI is InChI=1S/C20H15N3O5S/c1-28-14-9-5-4-8-13(14)21-15(24)10-23-19(26)17(29-20(23)27)16-11-6-2-3-7-12(11)22-18(16)25/h2-9,26H,10H2,1H3,(H,21,24). The number of anilines is 1. The topological polar surface area (TPSA) is 110 Å². The Balaban J connectivity index is 1.67. The number of amides is 2. The van der Waals surface area contributed by atoms with E-state index in [9.17, 15) is 19.5 Å². The molecule has 2 heterocycles. The van der Waals surface area contributed by atoms with Gasteiger partial charge in [-0.25, -0.2) is 4.99 Å². The molecule has 29 heavy (non-hydrogen) atoms. The van der Waals surface area contributed by atoms with Crippen molar-refractivity contribution >= 4 is 34.4 Å². The van der Waals surface area contributed by atoms with Crippen LogP contribution in [0.1, 0.15) is 4.88 Å². The first-order chi connectivity index (χ1) is 14.0. The fourth-order valence-corrected chi connectivity index (χ4v) is 4.00. The Morgan fingerprint density at radius 2 is 1.90 bits per heavy atom. The van der Waals surface area contributed by atoms with E-state index in [-0.39, 0.29) is 10.5 Å². The number of thiazole rings is 1. The molecule has 1 aromatic heterocycles. The lowest BCUT2D eigenvalue weighted by Crippen LogP contribution is -2.24. The van der Waals surface area contributed by atoms with E-state index in [1.165, 1.54) is 7.11 Å². The number of hydrogen-bond donors (Lipinski definition) is 2. The number of para-hydroxylation sites is 3. The molecule has 3 aromatic rings. The predicted octanol–water partition coefficient (Wildman–Crippen LogP) is 0.621. The van der Waals surface area contributed by atoms with E-state index in [1.807, 2.05) is 0 Å². The van der Waals surface area contributed by atoms with Gasteiger partial charge in [0, 0.05) is 5.22 Å². The fourth-order valence-electron chi connectivity index (χ4n) is 3.06. The van der Waals surface area contributed by atoms with Crippen LogP contribution in [0.15, 0.2) is 58.3 Å². The Labute approximate surface area is 168 Å². The van der Waals surface area contributed by atoms with Crippen LogP contribution in [0.4, 0.5) is 5.69 Å². The summed E-state index contributed by atoms with van der Waals surface area (Å²) in [5.41, 5.74) is 0.597. The number of hydrogen-bond acceptors (Lipinski definition) is 6. The van der Waals surface area contributed by atoms with E-state index in [4.69, 9.17) is 4.74 Å². The minimum absolute atomic E-state index is 0.0961. The molecule has 1 aliphatic rings. The lowest BCUT2D eigenvalue weighted by atomic mass is 10.1. The lowest BCUT2D eigenvalue weighted by molar-refractivity contribution is -0.117. The van der Waals surface area contributed by atoms with Crippen LogP contribution in [-0.2, 0) is 16.1 Å². The monoisotopic (exact) mass is 409 g/mol. The summed E-state index contributed by atoms with van der Waals surface area (Å²) in [5, 5.41) is 14.2. The number of methoxy groups -OCH3 is 1. The minimum Gasteiger partial charge on any atom is -0.495 e. The molecule has 0 spiro atoms. The van der Waals surface area contributed by atoms with Crippen molar-refractivity contribution < 1.29 is 19.4 Å². The van der Waals surface area contributed by atoms with Gasteiger partial charge in [-0.05, 0) is 18.2 Å². The molecule has 146 valence electrons. The number of carbonyl (C=O) groups excluding carboxylic acids is 2. The molecular formula is C20H15N3O5S. The summed E-state index contributed by atoms with van der Waals surface area (Å²) in [5.74, 6) is -1.03. The van der Waals surface area contributed by atoms with Crippen molar-refractivity contribution in [2.24, 2.45) is 4.99 Å². The largest absolute Gasteiger partial charge is 0.495 e. The summed E-state index contributed by atoms with van der Waals surface area (Å²) in [6.45, 7) is -0.417. The second kappa shape index (κ2) is 7.36. The van der Waals surface area contributed by atoms with Crippen molar-refractivity contribution in [3.05, 3.63) is 73.7 Å². The molecule has 8 nitrogen and oxygen atoms in total. The van der Waals surface area contributed by atoms with Gasteiger partial charge in [0.15, 0.2) is 0 Å². The van der Waals surface area contributed by atoms with Gasteiger partial charge in [-0.1, -0.05) is 41.7 Å². The van der Waals surface area contributed by atoms with E-state index in [0.717, 1.165) is 4.57 Å². The number of carbonyl (C=O) groups is 2. The van der Waals surface area contributed by atoms with Gasteiger partial charge in [0.2, 0.25) is 11.8 Å². The average Bonchev–Trinajstić information content (AvgIpc) is 3.18. The van der Waals surface area contributed by atoms with E-state index >= 15 is 0 Å². The summed E-state index contributed by atoms with van der Waals surface area (Å²) in [6.07, 6.45) is 0. The molecule has 0 bridgehead atoms. The highest BCUT2D eigenvalue weighted by Crippen LogP contribution is 2.28. The van der Waals surface area contributed by atoms with Gasteiger partial charge in [0.05, 0.1) is 23.7 Å². The SMILES string of the molecule is COc1ccccc1NC(=O)Cn1c(O)c(C2=c3ccccc3=NC2=O)sc1=O. The summed E-state index contributed by atoms with van der Waals surface area (Å²) < 4.78 is 6.10. The molecule has 0 saturated carbocycles. The first kappa shape index (κ1) is 18.6. The van der Waals surface area contributed by atoms with Crippen molar-refractivity contribution in [3.63, 3.8) is 0 Å². The van der Waals surface area contributed by atoms with Crippen LogP contribution in [0, 0.1) is 0 Å². The smallest absolute Gasteiger partial charge is 0.311 e. The van der Waals surface area contributed by atoms with Crippen molar-refractivity contribution in [1.82, 2.24) is 4.57 Å². The zero-order valence-corrected chi connectivity index (χ0v) is 16.0. The Kier molecular flexibility index (Phi) is 4.73. The van der Waals surface area contributed by atoms with Crippen molar-refractivity contribution in [2.75, 3.05) is 12.4 Å². The molecule has 0 atom stereocenters. The minimum atomic E-state index is -0.558. The Morgan fingerprint density at radius 1 is 1.17 bits per heavy atom. The van der Waals surface area contributed by atoms with Crippen molar-refractivity contribution in [1.29, 1.82) is 0 Å². The first-order valence-electron chi connectivity index (χ1n) is 8.58. The van der Waals surface area contributed by atoms with Crippen LogP contribution >= 0.6 is 11.3 Å². The van der Waals surface area contributed by atoms with Crippen LogP contribution < -0.4 is 25.5 Å². The fraction of sp³-hybridized carbons (Fsp3) is 0.100. The van der Waals surface area contributed by atoms with Crippen LogP contribution in [0.2, 0.25) is 0 Å². The molecule has 0 radical (unpaired) electrons. The number of nitrogens with one attached hydrogen (secondary N) is 1. The van der Waals surface area contributed by atoms with Gasteiger partial charge in [0.1, 0.15) is 17.2 Å². The zero-order chi connectivity index (χ0) is 20.5. The molecule has 0 aliphatic carbocycles. The van der Waals surface area contributed by atoms with E-state index in [0.29, 0.717) is 33.3 Å². The molecule has 1 aliphatic heterocycles. The summed E-state index contributed by atoms with van der Waals surface area (Å²) in [7, 11) is 1.48. The van der Waals surface area contributed by atoms with Gasteiger partial charge in [-0.2, -0.15) is 0 Å². The molecular weight excluding hydrogens is 394 g/mol. The number of benzene rings is 2. The molecule has 0 unspecified atom stereocenters. The van der Waals surface area contributed by atoms with Gasteiger partial charge >= 0.3 is 4.87 Å². The summed E-state index contributed by atoms with van der Waals surface area (Å²) in [4.78, 5) is 40.6. The second-order valence-corrected chi connectivity index (χ2v) is 7.13. The first-order valence-corrected chi connectivity index (χ1v) is 9.39. The number of nitrogens with zero attached hydrogens (tertiary/aromatic N) is 2. The molecule has 4 rings (SSSR count). The third-order valence-electron chi connectivity index (χ3n) is 4.39. The number of rotatable bonds is 5. The summed E-state index contributed by atoms with van der Waals surface area (Å²) in [6, 6.07) is 13.7. The zero-order valence-electron chi connectivity index (χ0n) is 15.2. The highest BCUT2D eigenvalue weighted by molar-refractivity contribution is 7.11. The van der Waals surface area contributed by atoms with Gasteiger partial charge in [-0.3, -0.25) is 19.0 Å². The Hall–Kier alpha value is -3.72. The van der Waals surface area contributed by atoms with E-state index < -0.39 is 29.1 Å². The van der Waals surface area contributed by atoms with E-state index in [1.54, 1.807) is 48.5 Å². The third-order valence-corrected chi connectivity index (χ3v) is 5.37. The molecule has 2 amide bonds. The van der Waals surface area contributed by atoms with Crippen LogP contribution in [0.25, 0.3) is 5.57 Å².